The van der Waals surface area contributed by atoms with Crippen LogP contribution in [0.15, 0.2) is 24.3 Å². The summed E-state index contributed by atoms with van der Waals surface area (Å²) in [6.45, 7) is 9.74. The van der Waals surface area contributed by atoms with Gasteiger partial charge in [-0.25, -0.2) is 0 Å². The van der Waals surface area contributed by atoms with Gasteiger partial charge in [-0.1, -0.05) is 45.4 Å². The highest BCUT2D eigenvalue weighted by atomic mass is 16.5. The van der Waals surface area contributed by atoms with Gasteiger partial charge in [0.15, 0.2) is 0 Å². The predicted molar refractivity (Wildman–Crippen MR) is 112 cm³/mol. The molecule has 2 amide bonds. The lowest BCUT2D eigenvalue weighted by Gasteiger charge is -2.36. The number of carbonyl (C=O) groups is 2. The van der Waals surface area contributed by atoms with Gasteiger partial charge in [0.1, 0.15) is 12.4 Å². The SMILES string of the molecule is CC(=O)NCCOc1ccccc1CCNC(=O)[C@@H]1CC(C)CC[C@H]1C(C)C. The van der Waals surface area contributed by atoms with E-state index >= 15 is 0 Å². The molecule has 2 N–H and O–H groups in total. The van der Waals surface area contributed by atoms with E-state index in [2.05, 4.69) is 31.4 Å². The Labute approximate surface area is 169 Å². The third-order valence-corrected chi connectivity index (χ3v) is 5.76. The zero-order chi connectivity index (χ0) is 20.5. The van der Waals surface area contributed by atoms with Crippen LogP contribution in [-0.4, -0.2) is 31.5 Å². The Morgan fingerprint density at radius 3 is 2.61 bits per heavy atom. The Balaban J connectivity index is 1.85. The minimum absolute atomic E-state index is 0.0590. The van der Waals surface area contributed by atoms with Crippen LogP contribution in [0.1, 0.15) is 52.5 Å². The molecule has 5 heteroatoms. The van der Waals surface area contributed by atoms with E-state index in [4.69, 9.17) is 4.74 Å². The predicted octanol–water partition coefficient (Wildman–Crippen LogP) is 3.57. The largest absolute Gasteiger partial charge is 0.491 e. The van der Waals surface area contributed by atoms with Gasteiger partial charge in [-0.15, -0.1) is 0 Å². The van der Waals surface area contributed by atoms with Gasteiger partial charge in [-0.2, -0.15) is 0 Å². The minimum Gasteiger partial charge on any atom is -0.491 e. The van der Waals surface area contributed by atoms with E-state index in [1.54, 1.807) is 0 Å². The highest BCUT2D eigenvalue weighted by Crippen LogP contribution is 2.38. The van der Waals surface area contributed by atoms with Crippen molar-refractivity contribution in [1.82, 2.24) is 10.6 Å². The van der Waals surface area contributed by atoms with Crippen molar-refractivity contribution in [2.75, 3.05) is 19.7 Å². The van der Waals surface area contributed by atoms with Crippen LogP contribution in [0.4, 0.5) is 0 Å². The van der Waals surface area contributed by atoms with Gasteiger partial charge in [0.2, 0.25) is 11.8 Å². The van der Waals surface area contributed by atoms with Gasteiger partial charge in [0.05, 0.1) is 6.54 Å². The van der Waals surface area contributed by atoms with Gasteiger partial charge in [0.25, 0.3) is 0 Å². The van der Waals surface area contributed by atoms with Crippen molar-refractivity contribution in [2.45, 2.75) is 53.4 Å². The fourth-order valence-corrected chi connectivity index (χ4v) is 4.19. The summed E-state index contributed by atoms with van der Waals surface area (Å²) in [6.07, 6.45) is 4.12. The van der Waals surface area contributed by atoms with Crippen LogP contribution in [-0.2, 0) is 16.0 Å². The van der Waals surface area contributed by atoms with Crippen molar-refractivity contribution in [2.24, 2.45) is 23.7 Å². The number of benzene rings is 1. The molecule has 0 bridgehead atoms. The van der Waals surface area contributed by atoms with E-state index < -0.39 is 0 Å². The quantitative estimate of drug-likeness (QED) is 0.636. The molecule has 156 valence electrons. The van der Waals surface area contributed by atoms with Gasteiger partial charge in [0, 0.05) is 19.4 Å². The fourth-order valence-electron chi connectivity index (χ4n) is 4.19. The smallest absolute Gasteiger partial charge is 0.223 e. The lowest BCUT2D eigenvalue weighted by atomic mass is 9.70. The van der Waals surface area contributed by atoms with Crippen molar-refractivity contribution in [3.05, 3.63) is 29.8 Å². The average Bonchev–Trinajstić information content (AvgIpc) is 2.65. The summed E-state index contributed by atoms with van der Waals surface area (Å²) < 4.78 is 5.80. The second-order valence-electron chi connectivity index (χ2n) is 8.41. The molecule has 1 aliphatic rings. The number of para-hydroxylation sites is 1. The summed E-state index contributed by atoms with van der Waals surface area (Å²) in [5.74, 6) is 2.75. The summed E-state index contributed by atoms with van der Waals surface area (Å²) in [5, 5.41) is 5.89. The molecule has 2 rings (SSSR count). The molecule has 0 aliphatic heterocycles. The molecule has 0 saturated heterocycles. The normalized spacial score (nSPS) is 22.0. The Hall–Kier alpha value is -2.04. The van der Waals surface area contributed by atoms with Crippen LogP contribution in [0.5, 0.6) is 5.75 Å². The molecule has 5 nitrogen and oxygen atoms in total. The summed E-state index contributed by atoms with van der Waals surface area (Å²) in [5.41, 5.74) is 1.07. The van der Waals surface area contributed by atoms with Gasteiger partial charge >= 0.3 is 0 Å². The Bertz CT molecular complexity index is 644. The van der Waals surface area contributed by atoms with Crippen molar-refractivity contribution >= 4 is 11.8 Å². The van der Waals surface area contributed by atoms with Crippen LogP contribution in [0, 0.1) is 23.7 Å². The molecule has 0 spiro atoms. The second kappa shape index (κ2) is 11.1. The van der Waals surface area contributed by atoms with Gasteiger partial charge in [-0.05, 0) is 48.6 Å². The zero-order valence-corrected chi connectivity index (χ0v) is 17.8. The molecule has 1 aromatic carbocycles. The van der Waals surface area contributed by atoms with Gasteiger partial charge in [-0.3, -0.25) is 9.59 Å². The van der Waals surface area contributed by atoms with E-state index in [1.165, 1.54) is 13.3 Å². The summed E-state index contributed by atoms with van der Waals surface area (Å²) >= 11 is 0. The van der Waals surface area contributed by atoms with E-state index in [0.717, 1.165) is 30.6 Å². The lowest BCUT2D eigenvalue weighted by molar-refractivity contribution is -0.129. The fraction of sp³-hybridized carbons (Fsp3) is 0.652. The van der Waals surface area contributed by atoms with Gasteiger partial charge < -0.3 is 15.4 Å². The molecule has 0 heterocycles. The van der Waals surface area contributed by atoms with Crippen molar-refractivity contribution in [3.63, 3.8) is 0 Å². The molecule has 3 atom stereocenters. The molecular formula is C23H36N2O3. The number of rotatable bonds is 9. The second-order valence-corrected chi connectivity index (χ2v) is 8.41. The van der Waals surface area contributed by atoms with Crippen LogP contribution < -0.4 is 15.4 Å². The molecule has 28 heavy (non-hydrogen) atoms. The highest BCUT2D eigenvalue weighted by Gasteiger charge is 2.35. The van der Waals surface area contributed by atoms with Crippen molar-refractivity contribution in [3.8, 4) is 5.75 Å². The van der Waals surface area contributed by atoms with E-state index in [-0.39, 0.29) is 17.7 Å². The standard InChI is InChI=1S/C23H36N2O3/c1-16(2)20-10-9-17(3)15-21(20)23(27)25-12-11-19-7-5-6-8-22(19)28-14-13-24-18(4)26/h5-8,16-17,20-21H,9-15H2,1-4H3,(H,24,26)(H,25,27)/t17?,20-,21+/m0/s1. The van der Waals surface area contributed by atoms with Crippen molar-refractivity contribution in [1.29, 1.82) is 0 Å². The number of ether oxygens (including phenoxy) is 1. The zero-order valence-electron chi connectivity index (χ0n) is 17.8. The summed E-state index contributed by atoms with van der Waals surface area (Å²) in [4.78, 5) is 23.8. The molecule has 1 aliphatic carbocycles. The first-order chi connectivity index (χ1) is 13.4. The van der Waals surface area contributed by atoms with Crippen molar-refractivity contribution < 1.29 is 14.3 Å². The molecule has 1 aromatic rings. The first kappa shape index (κ1) is 22.3. The third-order valence-electron chi connectivity index (χ3n) is 5.76. The highest BCUT2D eigenvalue weighted by molar-refractivity contribution is 5.79. The van der Waals surface area contributed by atoms with Crippen LogP contribution >= 0.6 is 0 Å². The maximum absolute atomic E-state index is 12.8. The summed E-state index contributed by atoms with van der Waals surface area (Å²) in [7, 11) is 0. The molecule has 1 saturated carbocycles. The molecule has 1 unspecified atom stereocenters. The molecular weight excluding hydrogens is 352 g/mol. The van der Waals surface area contributed by atoms with E-state index in [0.29, 0.717) is 37.5 Å². The number of hydrogen-bond acceptors (Lipinski definition) is 3. The monoisotopic (exact) mass is 388 g/mol. The molecule has 0 aromatic heterocycles. The number of nitrogens with one attached hydrogen (secondary N) is 2. The number of hydrogen-bond donors (Lipinski definition) is 2. The Morgan fingerprint density at radius 2 is 1.89 bits per heavy atom. The van der Waals surface area contributed by atoms with E-state index in [1.807, 2.05) is 24.3 Å². The third kappa shape index (κ3) is 6.84. The average molecular weight is 389 g/mol. The van der Waals surface area contributed by atoms with Crippen LogP contribution in [0.25, 0.3) is 0 Å². The van der Waals surface area contributed by atoms with Crippen LogP contribution in [0.2, 0.25) is 0 Å². The molecule has 0 radical (unpaired) electrons. The number of amides is 2. The van der Waals surface area contributed by atoms with E-state index in [9.17, 15) is 9.59 Å². The first-order valence-corrected chi connectivity index (χ1v) is 10.6. The topological polar surface area (TPSA) is 67.4 Å². The minimum atomic E-state index is -0.0590. The van der Waals surface area contributed by atoms with Crippen LogP contribution in [0.3, 0.4) is 0 Å². The maximum Gasteiger partial charge on any atom is 0.223 e. The lowest BCUT2D eigenvalue weighted by Crippen LogP contribution is -2.40. The Kier molecular flexibility index (Phi) is 8.81. The maximum atomic E-state index is 12.8. The Morgan fingerprint density at radius 1 is 1.14 bits per heavy atom. The first-order valence-electron chi connectivity index (χ1n) is 10.6. The summed E-state index contributed by atoms with van der Waals surface area (Å²) in [6, 6.07) is 7.88. The number of carbonyl (C=O) groups excluding carboxylic acids is 2. The molecule has 1 fully saturated rings.